The van der Waals surface area contributed by atoms with Gasteiger partial charge in [0.25, 0.3) is 11.8 Å². The fourth-order valence-electron chi connectivity index (χ4n) is 4.29. The maximum Gasteiger partial charge on any atom is 0.275 e. The molecule has 0 bridgehead atoms. The number of ether oxygens (including phenoxy) is 1. The van der Waals surface area contributed by atoms with Crippen LogP contribution in [-0.4, -0.2) is 82.1 Å². The largest absolute Gasteiger partial charge is 0.486 e. The molecule has 34 heavy (non-hydrogen) atoms. The van der Waals surface area contributed by atoms with E-state index in [-0.39, 0.29) is 36.3 Å². The van der Waals surface area contributed by atoms with E-state index < -0.39 is 5.91 Å². The number of benzene rings is 1. The van der Waals surface area contributed by atoms with Crippen molar-refractivity contribution in [3.8, 4) is 5.75 Å². The first-order valence-electron chi connectivity index (χ1n) is 11.8. The number of fused-ring (bicyclic) bond motifs is 1. The summed E-state index contributed by atoms with van der Waals surface area (Å²) < 4.78 is 6.52. The van der Waals surface area contributed by atoms with E-state index in [1.54, 1.807) is 23.1 Å². The Morgan fingerprint density at radius 3 is 2.79 bits per heavy atom. The minimum absolute atomic E-state index is 0.0106. The van der Waals surface area contributed by atoms with Crippen LogP contribution >= 0.6 is 0 Å². The van der Waals surface area contributed by atoms with E-state index in [4.69, 9.17) is 4.74 Å². The number of para-hydroxylation sites is 1. The van der Waals surface area contributed by atoms with E-state index >= 15 is 0 Å². The molecule has 0 spiro atoms. The highest BCUT2D eigenvalue weighted by molar-refractivity contribution is 6.06. The zero-order valence-electron chi connectivity index (χ0n) is 20.0. The number of aliphatic hydroxyl groups excluding tert-OH is 1. The first-order chi connectivity index (χ1) is 16.4. The van der Waals surface area contributed by atoms with Crippen molar-refractivity contribution < 1.29 is 19.4 Å². The maximum atomic E-state index is 13.5. The monoisotopic (exact) mass is 467 g/mol. The third-order valence-corrected chi connectivity index (χ3v) is 6.49. The lowest BCUT2D eigenvalue weighted by atomic mass is 9.99. The van der Waals surface area contributed by atoms with Crippen molar-refractivity contribution in [2.45, 2.75) is 38.8 Å². The van der Waals surface area contributed by atoms with Crippen LogP contribution in [0.25, 0.3) is 0 Å². The zero-order valence-corrected chi connectivity index (χ0v) is 20.0. The number of nitrogens with one attached hydrogen (secondary N) is 1. The predicted molar refractivity (Wildman–Crippen MR) is 128 cm³/mol. The van der Waals surface area contributed by atoms with E-state index in [1.807, 2.05) is 6.92 Å². The number of nitrogens with zero attached hydrogens (tertiary/aromatic N) is 4. The molecule has 4 rings (SSSR count). The van der Waals surface area contributed by atoms with Gasteiger partial charge in [-0.1, -0.05) is 13.0 Å². The van der Waals surface area contributed by atoms with Gasteiger partial charge < -0.3 is 25.0 Å². The highest BCUT2D eigenvalue weighted by Gasteiger charge is 2.35. The van der Waals surface area contributed by atoms with E-state index in [0.717, 1.165) is 12.5 Å². The van der Waals surface area contributed by atoms with Crippen LogP contribution in [0.15, 0.2) is 36.8 Å². The average Bonchev–Trinajstić information content (AvgIpc) is 3.65. The number of carbonyl (C=O) groups excluding carboxylic acids is 2. The first kappa shape index (κ1) is 24.1. The Hall–Kier alpha value is -3.04. The summed E-state index contributed by atoms with van der Waals surface area (Å²) in [6.07, 6.45) is 6.66. The Balaban J connectivity index is 1.68. The van der Waals surface area contributed by atoms with Gasteiger partial charge in [-0.25, -0.2) is 4.98 Å². The van der Waals surface area contributed by atoms with Gasteiger partial charge in [-0.2, -0.15) is 0 Å². The summed E-state index contributed by atoms with van der Waals surface area (Å²) in [4.78, 5) is 38.3. The van der Waals surface area contributed by atoms with Gasteiger partial charge in [0.05, 0.1) is 30.1 Å². The van der Waals surface area contributed by atoms with Crippen molar-refractivity contribution in [1.82, 2.24) is 19.8 Å². The average molecular weight is 468 g/mol. The lowest BCUT2D eigenvalue weighted by Crippen LogP contribution is -2.50. The number of aromatic nitrogens is 2. The summed E-state index contributed by atoms with van der Waals surface area (Å²) in [6.45, 7) is 5.94. The van der Waals surface area contributed by atoms with Gasteiger partial charge >= 0.3 is 0 Å². The van der Waals surface area contributed by atoms with Crippen LogP contribution in [0.5, 0.6) is 5.75 Å². The van der Waals surface area contributed by atoms with Gasteiger partial charge in [0.1, 0.15) is 11.8 Å². The molecule has 9 heteroatoms. The number of aliphatic hydroxyl groups is 1. The fraction of sp³-hybridized carbons (Fsp3) is 0.520. The molecule has 182 valence electrons. The summed E-state index contributed by atoms with van der Waals surface area (Å²) in [5.74, 6) is 0.433. The molecule has 1 aliphatic heterocycles. The van der Waals surface area contributed by atoms with Crippen LogP contribution in [0.2, 0.25) is 0 Å². The minimum Gasteiger partial charge on any atom is -0.486 e. The molecule has 2 aromatic rings. The van der Waals surface area contributed by atoms with E-state index in [0.29, 0.717) is 30.1 Å². The Morgan fingerprint density at radius 1 is 1.32 bits per heavy atom. The van der Waals surface area contributed by atoms with Crippen molar-refractivity contribution in [1.29, 1.82) is 0 Å². The topological polar surface area (TPSA) is 108 Å². The summed E-state index contributed by atoms with van der Waals surface area (Å²) >= 11 is 0. The number of amides is 2. The van der Waals surface area contributed by atoms with Gasteiger partial charge in [0, 0.05) is 37.9 Å². The number of anilines is 1. The van der Waals surface area contributed by atoms with Gasteiger partial charge in [0.15, 0.2) is 5.75 Å². The second kappa shape index (κ2) is 10.5. The summed E-state index contributed by atoms with van der Waals surface area (Å²) in [6, 6.07) is 4.79. The number of carbonyl (C=O) groups is 2. The number of hydrogen-bond acceptors (Lipinski definition) is 7. The second-order valence-electron chi connectivity index (χ2n) is 9.51. The van der Waals surface area contributed by atoms with Crippen LogP contribution in [-0.2, 0) is 0 Å². The molecule has 3 atom stereocenters. The smallest absolute Gasteiger partial charge is 0.275 e. The molecule has 2 aliphatic rings. The molecule has 0 radical (unpaired) electrons. The second-order valence-corrected chi connectivity index (χ2v) is 9.51. The molecule has 1 aromatic heterocycles. The van der Waals surface area contributed by atoms with Gasteiger partial charge in [0.2, 0.25) is 0 Å². The van der Waals surface area contributed by atoms with Crippen LogP contribution < -0.4 is 10.1 Å². The Labute approximate surface area is 200 Å². The van der Waals surface area contributed by atoms with Crippen molar-refractivity contribution in [3.05, 3.63) is 48.0 Å². The van der Waals surface area contributed by atoms with Crippen molar-refractivity contribution in [3.63, 3.8) is 0 Å². The first-order valence-corrected chi connectivity index (χ1v) is 11.8. The van der Waals surface area contributed by atoms with Crippen LogP contribution in [0.4, 0.5) is 5.69 Å². The standard InChI is InChI=1S/C25H33N5O4/c1-16-12-30(17(2)15-31)25(33)19-5-4-6-20(28-24(32)21-11-26-9-10-27-21)23(19)34-22(16)14-29(3)13-18-7-8-18/h4-6,9-11,16-18,22,31H,7-8,12-15H2,1-3H3,(H,28,32)/t16-,17+,22+/m0/s1. The lowest BCUT2D eigenvalue weighted by Gasteiger charge is -2.38. The van der Waals surface area contributed by atoms with Crippen LogP contribution in [0, 0.1) is 11.8 Å². The third kappa shape index (κ3) is 5.53. The van der Waals surface area contributed by atoms with Crippen LogP contribution in [0.3, 0.4) is 0 Å². The highest BCUT2D eigenvalue weighted by atomic mass is 16.5. The fourth-order valence-corrected chi connectivity index (χ4v) is 4.29. The molecule has 0 unspecified atom stereocenters. The summed E-state index contributed by atoms with van der Waals surface area (Å²) in [5.41, 5.74) is 0.933. The molecular formula is C25H33N5O4. The highest BCUT2D eigenvalue weighted by Crippen LogP contribution is 2.35. The number of hydrogen-bond donors (Lipinski definition) is 2. The molecule has 1 aromatic carbocycles. The molecule has 2 N–H and O–H groups in total. The van der Waals surface area contributed by atoms with Crippen molar-refractivity contribution in [2.75, 3.05) is 38.6 Å². The van der Waals surface area contributed by atoms with Crippen molar-refractivity contribution in [2.24, 2.45) is 11.8 Å². The van der Waals surface area contributed by atoms with Gasteiger partial charge in [-0.3, -0.25) is 14.6 Å². The van der Waals surface area contributed by atoms with Gasteiger partial charge in [-0.15, -0.1) is 0 Å². The Bertz CT molecular complexity index is 1010. The minimum atomic E-state index is -0.435. The summed E-state index contributed by atoms with van der Waals surface area (Å²) in [7, 11) is 2.09. The number of rotatable bonds is 8. The van der Waals surface area contributed by atoms with E-state index in [1.165, 1.54) is 31.4 Å². The molecule has 1 fully saturated rings. The zero-order chi connectivity index (χ0) is 24.2. The molecule has 9 nitrogen and oxygen atoms in total. The molecule has 1 aliphatic carbocycles. The Morgan fingerprint density at radius 2 is 2.12 bits per heavy atom. The normalized spacial score (nSPS) is 21.3. The molecule has 0 saturated heterocycles. The van der Waals surface area contributed by atoms with E-state index in [9.17, 15) is 14.7 Å². The molecule has 1 saturated carbocycles. The SMILES string of the molecule is C[C@H](CO)N1C[C@H](C)[C@@H](CN(C)CC2CC2)Oc2c(NC(=O)c3cnccn3)cccc2C1=O. The van der Waals surface area contributed by atoms with E-state index in [2.05, 4.69) is 34.2 Å². The predicted octanol–water partition coefficient (Wildman–Crippen LogP) is 2.29. The van der Waals surface area contributed by atoms with Crippen molar-refractivity contribution >= 4 is 17.5 Å². The van der Waals surface area contributed by atoms with Crippen LogP contribution in [0.1, 0.15) is 47.5 Å². The third-order valence-electron chi connectivity index (χ3n) is 6.49. The Kier molecular flexibility index (Phi) is 7.43. The maximum absolute atomic E-state index is 13.5. The molecule has 2 amide bonds. The molecular weight excluding hydrogens is 434 g/mol. The number of likely N-dealkylation sites (N-methyl/N-ethyl adjacent to an activating group) is 1. The lowest BCUT2D eigenvalue weighted by molar-refractivity contribution is 0.0345. The molecule has 2 heterocycles. The quantitative estimate of drug-likeness (QED) is 0.613. The van der Waals surface area contributed by atoms with Gasteiger partial charge in [-0.05, 0) is 44.9 Å². The summed E-state index contributed by atoms with van der Waals surface area (Å²) in [5, 5.41) is 12.7.